The molecule has 0 aromatic carbocycles. The first-order valence-electron chi connectivity index (χ1n) is 8.72. The maximum absolute atomic E-state index is 13.1. The second-order valence-corrected chi connectivity index (χ2v) is 6.90. The van der Waals surface area contributed by atoms with E-state index in [1.807, 2.05) is 6.92 Å². The van der Waals surface area contributed by atoms with Gasteiger partial charge >= 0.3 is 0 Å². The van der Waals surface area contributed by atoms with Gasteiger partial charge in [-0.3, -0.25) is 4.79 Å². The maximum Gasteiger partial charge on any atom is 0.228 e. The van der Waals surface area contributed by atoms with Gasteiger partial charge in [0.15, 0.2) is 0 Å². The van der Waals surface area contributed by atoms with Gasteiger partial charge in [-0.15, -0.1) is 0 Å². The van der Waals surface area contributed by atoms with Crippen LogP contribution in [0.2, 0.25) is 0 Å². The molecule has 1 saturated heterocycles. The Morgan fingerprint density at radius 3 is 2.33 bits per heavy atom. The number of hydrogen-bond donors (Lipinski definition) is 1. The lowest BCUT2D eigenvalue weighted by Crippen LogP contribution is -2.48. The van der Waals surface area contributed by atoms with Crippen molar-refractivity contribution >= 4 is 5.91 Å². The van der Waals surface area contributed by atoms with Crippen LogP contribution in [0.3, 0.4) is 0 Å². The molecule has 0 spiro atoms. The average molecular weight is 296 g/mol. The normalized spacial score (nSPS) is 34.1. The third kappa shape index (κ3) is 3.78. The minimum atomic E-state index is 0.0136. The molecule has 4 heteroatoms. The van der Waals surface area contributed by atoms with Gasteiger partial charge in [-0.2, -0.15) is 0 Å². The van der Waals surface area contributed by atoms with Crippen molar-refractivity contribution in [2.45, 2.75) is 77.5 Å². The fourth-order valence-electron chi connectivity index (χ4n) is 4.01. The molecule has 0 aromatic rings. The van der Waals surface area contributed by atoms with Gasteiger partial charge in [-0.05, 0) is 45.6 Å². The number of nitrogens with zero attached hydrogens (tertiary/aromatic N) is 1. The van der Waals surface area contributed by atoms with Crippen LogP contribution in [-0.2, 0) is 9.53 Å². The second-order valence-electron chi connectivity index (χ2n) is 6.90. The molecule has 0 aromatic heterocycles. The summed E-state index contributed by atoms with van der Waals surface area (Å²) in [5, 5.41) is 0. The highest BCUT2D eigenvalue weighted by molar-refractivity contribution is 5.80. The second kappa shape index (κ2) is 7.59. The van der Waals surface area contributed by atoms with Gasteiger partial charge in [-0.1, -0.05) is 26.2 Å². The van der Waals surface area contributed by atoms with E-state index in [-0.39, 0.29) is 18.1 Å². The fourth-order valence-corrected chi connectivity index (χ4v) is 4.01. The minimum absolute atomic E-state index is 0.0136. The largest absolute Gasteiger partial charge is 0.374 e. The number of carbonyl (C=O) groups is 1. The van der Waals surface area contributed by atoms with Crippen molar-refractivity contribution < 1.29 is 9.53 Å². The highest BCUT2D eigenvalue weighted by atomic mass is 16.5. The van der Waals surface area contributed by atoms with E-state index >= 15 is 0 Å². The van der Waals surface area contributed by atoms with E-state index in [4.69, 9.17) is 10.5 Å². The summed E-state index contributed by atoms with van der Waals surface area (Å²) < 4.78 is 5.88. The molecular weight excluding hydrogens is 264 g/mol. The van der Waals surface area contributed by atoms with Crippen LogP contribution in [0, 0.1) is 11.8 Å². The Balaban J connectivity index is 2.09. The quantitative estimate of drug-likeness (QED) is 0.848. The predicted octanol–water partition coefficient (Wildman–Crippen LogP) is 2.56. The zero-order chi connectivity index (χ0) is 15.4. The SMILES string of the molecule is CC1OC(C)C(C(=O)N(CCCN)C2CCCCC2)C1C. The van der Waals surface area contributed by atoms with Crippen LogP contribution in [0.4, 0.5) is 0 Å². The summed E-state index contributed by atoms with van der Waals surface area (Å²) in [6, 6.07) is 0.424. The summed E-state index contributed by atoms with van der Waals surface area (Å²) >= 11 is 0. The van der Waals surface area contributed by atoms with Crippen LogP contribution in [-0.4, -0.2) is 42.1 Å². The summed E-state index contributed by atoms with van der Waals surface area (Å²) in [7, 11) is 0. The monoisotopic (exact) mass is 296 g/mol. The summed E-state index contributed by atoms with van der Waals surface area (Å²) in [4.78, 5) is 15.3. The van der Waals surface area contributed by atoms with Crippen molar-refractivity contribution in [2.24, 2.45) is 17.6 Å². The number of ether oxygens (including phenoxy) is 1. The van der Waals surface area contributed by atoms with Gasteiger partial charge in [0, 0.05) is 12.6 Å². The van der Waals surface area contributed by atoms with Crippen LogP contribution < -0.4 is 5.73 Å². The van der Waals surface area contributed by atoms with E-state index in [0.29, 0.717) is 24.4 Å². The van der Waals surface area contributed by atoms with Gasteiger partial charge in [0.25, 0.3) is 0 Å². The number of hydrogen-bond acceptors (Lipinski definition) is 3. The van der Waals surface area contributed by atoms with Gasteiger partial charge in [0.2, 0.25) is 5.91 Å². The Hall–Kier alpha value is -0.610. The standard InChI is InChI=1S/C17H32N2O2/c1-12-13(2)21-14(3)16(12)17(20)19(11-7-10-18)15-8-5-4-6-9-15/h12-16H,4-11,18H2,1-3H3. The molecule has 1 amide bonds. The predicted molar refractivity (Wildman–Crippen MR) is 84.9 cm³/mol. The van der Waals surface area contributed by atoms with E-state index in [1.165, 1.54) is 19.3 Å². The van der Waals surface area contributed by atoms with Crippen molar-refractivity contribution in [1.82, 2.24) is 4.90 Å². The Labute approximate surface area is 129 Å². The number of rotatable bonds is 5. The van der Waals surface area contributed by atoms with E-state index in [0.717, 1.165) is 25.8 Å². The summed E-state index contributed by atoms with van der Waals surface area (Å²) in [6.45, 7) is 7.74. The van der Waals surface area contributed by atoms with E-state index in [9.17, 15) is 4.79 Å². The smallest absolute Gasteiger partial charge is 0.228 e. The van der Waals surface area contributed by atoms with Gasteiger partial charge in [-0.25, -0.2) is 0 Å². The van der Waals surface area contributed by atoms with Crippen molar-refractivity contribution in [3.63, 3.8) is 0 Å². The van der Waals surface area contributed by atoms with E-state index in [2.05, 4.69) is 18.7 Å². The lowest BCUT2D eigenvalue weighted by Gasteiger charge is -2.37. The summed E-state index contributed by atoms with van der Waals surface area (Å²) in [5.74, 6) is 0.621. The van der Waals surface area contributed by atoms with E-state index in [1.54, 1.807) is 0 Å². The van der Waals surface area contributed by atoms with Crippen molar-refractivity contribution in [2.75, 3.05) is 13.1 Å². The minimum Gasteiger partial charge on any atom is -0.374 e. The summed E-state index contributed by atoms with van der Waals surface area (Å²) in [6.07, 6.45) is 7.23. The number of carbonyl (C=O) groups excluding carboxylic acids is 1. The van der Waals surface area contributed by atoms with Crippen LogP contribution in [0.1, 0.15) is 59.3 Å². The molecule has 4 unspecified atom stereocenters. The molecule has 4 atom stereocenters. The van der Waals surface area contributed by atoms with Gasteiger partial charge < -0.3 is 15.4 Å². The van der Waals surface area contributed by atoms with Crippen molar-refractivity contribution in [1.29, 1.82) is 0 Å². The van der Waals surface area contributed by atoms with E-state index < -0.39 is 0 Å². The fraction of sp³-hybridized carbons (Fsp3) is 0.941. The Bertz CT molecular complexity index is 342. The molecule has 0 radical (unpaired) electrons. The van der Waals surface area contributed by atoms with Gasteiger partial charge in [0.1, 0.15) is 0 Å². The average Bonchev–Trinajstić information content (AvgIpc) is 2.73. The lowest BCUT2D eigenvalue weighted by atomic mass is 9.86. The molecular formula is C17H32N2O2. The van der Waals surface area contributed by atoms with Gasteiger partial charge in [0.05, 0.1) is 18.1 Å². The Morgan fingerprint density at radius 1 is 1.14 bits per heavy atom. The first kappa shape index (κ1) is 16.8. The molecule has 4 nitrogen and oxygen atoms in total. The number of amides is 1. The molecule has 2 N–H and O–H groups in total. The molecule has 122 valence electrons. The van der Waals surface area contributed by atoms with Crippen molar-refractivity contribution in [3.8, 4) is 0 Å². The molecule has 2 aliphatic rings. The molecule has 1 saturated carbocycles. The Morgan fingerprint density at radius 2 is 1.81 bits per heavy atom. The van der Waals surface area contributed by atoms with Crippen LogP contribution in [0.5, 0.6) is 0 Å². The van der Waals surface area contributed by atoms with Crippen LogP contribution in [0.15, 0.2) is 0 Å². The summed E-state index contributed by atoms with van der Waals surface area (Å²) in [5.41, 5.74) is 5.67. The zero-order valence-electron chi connectivity index (χ0n) is 13.9. The van der Waals surface area contributed by atoms with Crippen LogP contribution in [0.25, 0.3) is 0 Å². The highest BCUT2D eigenvalue weighted by Gasteiger charge is 2.44. The molecule has 21 heavy (non-hydrogen) atoms. The molecule has 2 rings (SSSR count). The van der Waals surface area contributed by atoms with Crippen LogP contribution >= 0.6 is 0 Å². The molecule has 0 bridgehead atoms. The first-order valence-corrected chi connectivity index (χ1v) is 8.72. The molecule has 2 fully saturated rings. The molecule has 1 aliphatic carbocycles. The third-order valence-electron chi connectivity index (χ3n) is 5.43. The first-order chi connectivity index (χ1) is 10.1. The third-order valence-corrected chi connectivity index (χ3v) is 5.43. The highest BCUT2D eigenvalue weighted by Crippen LogP contribution is 2.35. The molecule has 1 aliphatic heterocycles. The lowest BCUT2D eigenvalue weighted by molar-refractivity contribution is -0.141. The molecule has 1 heterocycles. The Kier molecular flexibility index (Phi) is 6.06. The number of nitrogens with two attached hydrogens (primary N) is 1. The zero-order valence-corrected chi connectivity index (χ0v) is 13.9. The topological polar surface area (TPSA) is 55.6 Å². The maximum atomic E-state index is 13.1. The van der Waals surface area contributed by atoms with Crippen molar-refractivity contribution in [3.05, 3.63) is 0 Å².